The fraction of sp³-hybridized carbons (Fsp3) is 0.690. The lowest BCUT2D eigenvalue weighted by Gasteiger charge is -2.33. The summed E-state index contributed by atoms with van der Waals surface area (Å²) in [6.45, 7) is 5.76. The number of nitrogens with two attached hydrogens (primary N) is 2. The normalized spacial score (nSPS) is 27.0. The molecule has 4 bridgehead atoms. The van der Waals surface area contributed by atoms with Crippen LogP contribution in [0.2, 0.25) is 0 Å². The van der Waals surface area contributed by atoms with E-state index in [0.717, 1.165) is 37.3 Å². The predicted molar refractivity (Wildman–Crippen MR) is 334 cm³/mol. The summed E-state index contributed by atoms with van der Waals surface area (Å²) in [5.74, 6) is -8.29. The molecule has 4 aliphatic rings. The van der Waals surface area contributed by atoms with Gasteiger partial charge in [-0.25, -0.2) is 4.79 Å². The molecule has 12 N–H and O–H groups in total. The van der Waals surface area contributed by atoms with Gasteiger partial charge in [0.05, 0.1) is 26.2 Å². The van der Waals surface area contributed by atoms with Crippen molar-refractivity contribution >= 4 is 107 Å². The van der Waals surface area contributed by atoms with Gasteiger partial charge in [-0.2, -0.15) is 40.2 Å². The smallest absolute Gasteiger partial charge is 0.344 e. The molecule has 11 atom stereocenters. The number of benzene rings is 1. The van der Waals surface area contributed by atoms with Crippen LogP contribution in [0.1, 0.15) is 122 Å². The van der Waals surface area contributed by atoms with Crippen LogP contribution in [0.5, 0.6) is 5.75 Å². The van der Waals surface area contributed by atoms with E-state index in [1.165, 1.54) is 52.0 Å². The molecule has 5 rings (SSSR count). The lowest BCUT2D eigenvalue weighted by Crippen LogP contribution is -2.62. The Morgan fingerprint density at radius 1 is 0.719 bits per heavy atom. The second-order valence-corrected chi connectivity index (χ2v) is 25.5. The highest BCUT2D eigenvalue weighted by atomic mass is 32.2. The molecule has 4 heterocycles. The van der Waals surface area contributed by atoms with Gasteiger partial charge in [0.25, 0.3) is 5.91 Å². The first-order chi connectivity index (χ1) is 42.7. The van der Waals surface area contributed by atoms with Crippen LogP contribution >= 0.6 is 35.3 Å². The zero-order valence-corrected chi connectivity index (χ0v) is 53.9. The molecule has 4 aliphatic heterocycles. The SMILES string of the molecule is CC[C@H](C)[C@@H]1NC(=O)[C@H](CC(=O)OOC)NC(=O)[C@H](CCSC)NC(=O)[C@@H]2CCCN2C(=O)[C@@H]2CSCc3cc(cc(c3)OCCCCCCO/N=C/C(=O)N[C@@H](CCCCN)C(=O)N2)CSC[C@@H](C(N)=O)NC(=O)[C@H]([C@@H](C)O)NC(=O)[C@@H]2CCCN2C1=O. The van der Waals surface area contributed by atoms with E-state index >= 15 is 4.79 Å². The molecule has 0 radical (unpaired) electrons. The van der Waals surface area contributed by atoms with Crippen molar-refractivity contribution in [1.29, 1.82) is 0 Å². The number of nitrogens with zero attached hydrogens (tertiary/aromatic N) is 3. The van der Waals surface area contributed by atoms with Gasteiger partial charge >= 0.3 is 5.97 Å². The van der Waals surface area contributed by atoms with Crippen molar-refractivity contribution in [2.24, 2.45) is 22.5 Å². The van der Waals surface area contributed by atoms with Crippen LogP contribution < -0.4 is 53.4 Å². The van der Waals surface area contributed by atoms with E-state index in [-0.39, 0.29) is 68.4 Å². The summed E-state index contributed by atoms with van der Waals surface area (Å²) in [6, 6.07) is -6.47. The number of carbonyl (C=O) groups excluding carboxylic acids is 11. The lowest BCUT2D eigenvalue weighted by atomic mass is 9.96. The number of carbonyl (C=O) groups is 11. The number of oxime groups is 1. The number of fused-ring (bicyclic) bond motifs is 7. The van der Waals surface area contributed by atoms with Crippen LogP contribution in [-0.2, 0) is 78.9 Å². The van der Waals surface area contributed by atoms with Gasteiger partial charge in [0.2, 0.25) is 53.2 Å². The van der Waals surface area contributed by atoms with Crippen molar-refractivity contribution in [1.82, 2.24) is 47.0 Å². The van der Waals surface area contributed by atoms with E-state index in [1.54, 1.807) is 20.1 Å². The fourth-order valence-corrected chi connectivity index (χ4v) is 13.0. The molecule has 0 aromatic heterocycles. The van der Waals surface area contributed by atoms with Crippen LogP contribution in [0, 0.1) is 5.92 Å². The van der Waals surface area contributed by atoms with Gasteiger partial charge < -0.3 is 73.2 Å². The van der Waals surface area contributed by atoms with Crippen molar-refractivity contribution in [3.8, 4) is 5.75 Å². The average molecular weight is 1310 g/mol. The Hall–Kier alpha value is -6.41. The quantitative estimate of drug-likeness (QED) is 0.0654. The Balaban J connectivity index is 1.59. The van der Waals surface area contributed by atoms with E-state index in [0.29, 0.717) is 69.6 Å². The molecule has 1 aromatic carbocycles. The number of hydrogen-bond donors (Lipinski definition) is 10. The molecule has 2 saturated heterocycles. The largest absolute Gasteiger partial charge is 0.494 e. The van der Waals surface area contributed by atoms with Crippen LogP contribution in [-0.4, -0.2) is 210 Å². The number of aliphatic hydroxyl groups excluding tert-OH is 1. The van der Waals surface area contributed by atoms with Crippen LogP contribution in [0.3, 0.4) is 0 Å². The summed E-state index contributed by atoms with van der Waals surface area (Å²) in [6.07, 6.45) is 5.78. The van der Waals surface area contributed by atoms with Crippen molar-refractivity contribution in [3.63, 3.8) is 0 Å². The first-order valence-electron chi connectivity index (χ1n) is 30.4. The molecule has 1 aromatic rings. The topological polar surface area (TPSA) is 400 Å². The minimum atomic E-state index is -1.73. The van der Waals surface area contributed by atoms with E-state index < -0.39 is 138 Å². The first kappa shape index (κ1) is 73.3. The number of primary amides is 1. The highest BCUT2D eigenvalue weighted by Gasteiger charge is 2.44. The molecule has 0 unspecified atom stereocenters. The number of rotatable bonds is 14. The second kappa shape index (κ2) is 38.3. The second-order valence-electron chi connectivity index (χ2n) is 22.4. The monoisotopic (exact) mass is 1310 g/mol. The maximum atomic E-state index is 15.1. The Bertz CT molecular complexity index is 2620. The van der Waals surface area contributed by atoms with E-state index in [4.69, 9.17) is 25.9 Å². The van der Waals surface area contributed by atoms with Crippen molar-refractivity contribution in [2.45, 2.75) is 183 Å². The number of unbranched alkanes of at least 4 members (excludes halogenated alkanes) is 1. The van der Waals surface area contributed by atoms with Crippen molar-refractivity contribution in [3.05, 3.63) is 29.3 Å². The standard InChI is InChI=1S/C58H90N12O16S3/c1-6-34(2)48-58(82)70-21-14-17-45(70)55(79)68-49(35(3)71)56(80)65-42(50(60)74)32-88-30-36-25-37-27-38(26-36)84-22-11-7-8-12-23-85-61-29-46(72)62-39(15-9-10-19-59)51(75)66-43(33-89-31-37)57(81)69-20-13-16-44(69)54(78)63-40(18-24-87-5)52(76)64-41(53(77)67-48)28-47(73)86-83-4/h25-27,29,34-35,39-45,48-49,71H,6-24,28,30-33,59H2,1-5H3,(H2,60,74)(H,62,72)(H,63,78)(H,64,76)(H,65,80)(H,66,75)(H,67,77)(H,68,79)/b61-29+/t34-,35+,39-,40-,41-,42-,43-,44-,45-,48-,49-/m0/s1. The molecule has 89 heavy (non-hydrogen) atoms. The van der Waals surface area contributed by atoms with E-state index in [1.807, 2.05) is 18.2 Å². The average Bonchev–Trinajstić information content (AvgIpc) is 3.19. The number of nitrogens with one attached hydrogen (secondary N) is 7. The number of thioether (sulfide) groups is 3. The minimum Gasteiger partial charge on any atom is -0.494 e. The van der Waals surface area contributed by atoms with Gasteiger partial charge in [-0.15, -0.1) is 0 Å². The van der Waals surface area contributed by atoms with Gasteiger partial charge in [-0.05, 0) is 132 Å². The number of ether oxygens (including phenoxy) is 1. The van der Waals surface area contributed by atoms with Crippen molar-refractivity contribution < 1.29 is 77.2 Å². The third-order valence-corrected chi connectivity index (χ3v) is 18.4. The zero-order valence-electron chi connectivity index (χ0n) is 51.4. The summed E-state index contributed by atoms with van der Waals surface area (Å²) in [5, 5.41) is 33.4. The Labute approximate surface area is 532 Å². The third kappa shape index (κ3) is 23.4. The number of aliphatic hydroxyl groups is 1. The summed E-state index contributed by atoms with van der Waals surface area (Å²) in [5.41, 5.74) is 13.2. The summed E-state index contributed by atoms with van der Waals surface area (Å²) in [7, 11) is 1.06. The van der Waals surface area contributed by atoms with Crippen LogP contribution in [0.4, 0.5) is 0 Å². The highest BCUT2D eigenvalue weighted by Crippen LogP contribution is 2.28. The molecular weight excluding hydrogens is 1220 g/mol. The molecular formula is C58H90N12O16S3. The van der Waals surface area contributed by atoms with Gasteiger partial charge in [-0.3, -0.25) is 52.8 Å². The Morgan fingerprint density at radius 3 is 1.94 bits per heavy atom. The van der Waals surface area contributed by atoms with Crippen LogP contribution in [0.25, 0.3) is 0 Å². The maximum absolute atomic E-state index is 15.1. The maximum Gasteiger partial charge on any atom is 0.344 e. The minimum absolute atomic E-state index is 0.0159. The third-order valence-electron chi connectivity index (χ3n) is 15.6. The van der Waals surface area contributed by atoms with E-state index in [2.05, 4.69) is 47.3 Å². The first-order valence-corrected chi connectivity index (χ1v) is 34.1. The highest BCUT2D eigenvalue weighted by molar-refractivity contribution is 7.99. The number of amides is 10. The summed E-state index contributed by atoms with van der Waals surface area (Å²) in [4.78, 5) is 172. The zero-order chi connectivity index (χ0) is 65.0. The molecule has 496 valence electrons. The number of hydrogen-bond acceptors (Lipinski definition) is 21. The van der Waals surface area contributed by atoms with Crippen molar-refractivity contribution in [2.75, 3.05) is 63.5 Å². The lowest BCUT2D eigenvalue weighted by molar-refractivity contribution is -0.255. The summed E-state index contributed by atoms with van der Waals surface area (Å²) >= 11 is 3.91. The van der Waals surface area contributed by atoms with Gasteiger partial charge in [0, 0.05) is 36.1 Å². The molecule has 0 saturated carbocycles. The van der Waals surface area contributed by atoms with Crippen LogP contribution in [0.15, 0.2) is 23.4 Å². The molecule has 31 heteroatoms. The molecule has 0 aliphatic carbocycles. The van der Waals surface area contributed by atoms with Gasteiger partial charge in [0.15, 0.2) is 0 Å². The Kier molecular flexibility index (Phi) is 31.6. The van der Waals surface area contributed by atoms with Gasteiger partial charge in [-0.1, -0.05) is 31.5 Å². The predicted octanol–water partition coefficient (Wildman–Crippen LogP) is -0.214. The van der Waals surface area contributed by atoms with Gasteiger partial charge in [0.1, 0.15) is 72.9 Å². The molecule has 0 spiro atoms. The Morgan fingerprint density at radius 2 is 1.31 bits per heavy atom. The van der Waals surface area contributed by atoms with E-state index in [9.17, 15) is 53.1 Å². The fourth-order valence-electron chi connectivity index (χ4n) is 10.5. The summed E-state index contributed by atoms with van der Waals surface area (Å²) < 4.78 is 6.28. The molecule has 28 nitrogen and oxygen atoms in total. The molecule has 10 amide bonds. The molecule has 2 fully saturated rings.